The van der Waals surface area contributed by atoms with Crippen molar-refractivity contribution in [2.75, 3.05) is 49.9 Å². The molecule has 0 unspecified atom stereocenters. The van der Waals surface area contributed by atoms with Crippen LogP contribution in [0, 0.1) is 0 Å². The Morgan fingerprint density at radius 1 is 0.596 bits per heavy atom. The maximum absolute atomic E-state index is 14.0. The minimum Gasteiger partial charge on any atom is -0.444 e. The van der Waals surface area contributed by atoms with Gasteiger partial charge < -0.3 is 39.7 Å². The molecular weight excluding hydrogens is 660 g/mol. The first-order valence-electron chi connectivity index (χ1n) is 18.9. The molecule has 6 rings (SSSR count). The second kappa shape index (κ2) is 14.5. The average Bonchev–Trinajstić information content (AvgIpc) is 3.08. The van der Waals surface area contributed by atoms with E-state index in [1.165, 1.54) is 0 Å². The Labute approximate surface area is 308 Å². The van der Waals surface area contributed by atoms with Crippen LogP contribution in [0.5, 0.6) is 0 Å². The van der Waals surface area contributed by atoms with Gasteiger partial charge in [-0.1, -0.05) is 37.1 Å². The fourth-order valence-corrected chi connectivity index (χ4v) is 7.96. The first-order chi connectivity index (χ1) is 24.6. The lowest BCUT2D eigenvalue weighted by Gasteiger charge is -2.52. The number of fused-ring (bicyclic) bond motifs is 2. The van der Waals surface area contributed by atoms with E-state index in [1.807, 2.05) is 99.9 Å². The molecule has 4 amide bonds. The molecule has 52 heavy (non-hydrogen) atoms. The number of unbranched alkanes of at least 4 members (excludes halogenated alkanes) is 3. The van der Waals surface area contributed by atoms with Crippen LogP contribution in [0.25, 0.3) is 0 Å². The molecule has 2 aromatic carbocycles. The van der Waals surface area contributed by atoms with Gasteiger partial charge in [-0.3, -0.25) is 9.59 Å². The summed E-state index contributed by atoms with van der Waals surface area (Å²) in [6.07, 6.45) is 5.20. The minimum absolute atomic E-state index is 0.0170. The summed E-state index contributed by atoms with van der Waals surface area (Å²) in [5.74, 6) is 0.0340. The third kappa shape index (κ3) is 7.95. The van der Waals surface area contributed by atoms with Crippen molar-refractivity contribution < 1.29 is 28.7 Å². The van der Waals surface area contributed by atoms with Crippen molar-refractivity contribution in [2.24, 2.45) is 0 Å². The molecule has 12 heteroatoms. The summed E-state index contributed by atoms with van der Waals surface area (Å²) in [5.41, 5.74) is 0.706. The number of benzene rings is 2. The van der Waals surface area contributed by atoms with Gasteiger partial charge in [-0.15, -0.1) is 0 Å². The Hall–Kier alpha value is -4.48. The van der Waals surface area contributed by atoms with Gasteiger partial charge in [0.25, 0.3) is 11.8 Å². The van der Waals surface area contributed by atoms with Gasteiger partial charge in [0.2, 0.25) is 0 Å². The number of amides is 4. The molecule has 2 aromatic rings. The van der Waals surface area contributed by atoms with Gasteiger partial charge in [-0.25, -0.2) is 9.59 Å². The second-order valence-electron chi connectivity index (χ2n) is 16.7. The number of nitrogens with one attached hydrogen (secondary N) is 2. The molecule has 0 aromatic heterocycles. The number of carbonyl (C=O) groups is 4. The summed E-state index contributed by atoms with van der Waals surface area (Å²) in [5, 5.41) is 7.41. The Balaban J connectivity index is 1.07. The fraction of sp³-hybridized carbons (Fsp3) is 0.600. The predicted octanol–water partition coefficient (Wildman–Crippen LogP) is 7.14. The fourth-order valence-electron chi connectivity index (χ4n) is 7.96. The van der Waals surface area contributed by atoms with Crippen molar-refractivity contribution >= 4 is 35.4 Å². The SMILES string of the molecule is CC(C)(C)OC(=O)N1CCC2(CC1)Nc1ccccc1C(=O)N2CCCCCCN1C(=O)c2ccccc2NC12CCN(C(=O)OC(C)(C)C)CC2. The van der Waals surface area contributed by atoms with E-state index in [2.05, 4.69) is 10.6 Å². The number of para-hydroxylation sites is 2. The molecule has 0 bridgehead atoms. The molecule has 0 atom stereocenters. The topological polar surface area (TPSA) is 124 Å². The average molecular weight is 717 g/mol. The number of rotatable bonds is 7. The number of hydrogen-bond donors (Lipinski definition) is 2. The molecule has 2 fully saturated rings. The van der Waals surface area contributed by atoms with E-state index >= 15 is 0 Å². The molecule has 282 valence electrons. The van der Waals surface area contributed by atoms with E-state index in [-0.39, 0.29) is 24.0 Å². The lowest BCUT2D eigenvalue weighted by atomic mass is 9.89. The zero-order valence-electron chi connectivity index (χ0n) is 31.8. The van der Waals surface area contributed by atoms with Crippen LogP contribution < -0.4 is 10.6 Å². The number of anilines is 2. The Morgan fingerprint density at radius 2 is 0.942 bits per heavy atom. The second-order valence-corrected chi connectivity index (χ2v) is 16.7. The van der Waals surface area contributed by atoms with E-state index in [4.69, 9.17) is 9.47 Å². The van der Waals surface area contributed by atoms with Crippen LogP contribution in [0.15, 0.2) is 48.5 Å². The van der Waals surface area contributed by atoms with E-state index in [9.17, 15) is 19.2 Å². The number of piperidine rings is 2. The number of carbonyl (C=O) groups excluding carboxylic acids is 4. The Bertz CT molecular complexity index is 1530. The van der Waals surface area contributed by atoms with E-state index in [1.54, 1.807) is 9.80 Å². The lowest BCUT2D eigenvalue weighted by Crippen LogP contribution is -2.64. The van der Waals surface area contributed by atoms with E-state index in [0.717, 1.165) is 37.1 Å². The summed E-state index contributed by atoms with van der Waals surface area (Å²) in [7, 11) is 0. The maximum Gasteiger partial charge on any atom is 0.410 e. The van der Waals surface area contributed by atoms with Gasteiger partial charge >= 0.3 is 12.2 Å². The van der Waals surface area contributed by atoms with Crippen molar-refractivity contribution in [2.45, 2.75) is 115 Å². The van der Waals surface area contributed by atoms with E-state index in [0.29, 0.717) is 76.1 Å². The number of hydrogen-bond acceptors (Lipinski definition) is 8. The predicted molar refractivity (Wildman–Crippen MR) is 200 cm³/mol. The standard InChI is InChI=1S/C40H56N6O6/c1-37(2,3)51-35(49)43-25-19-39(20-26-43)41-31-17-11-9-15-29(31)33(47)45(39)23-13-7-8-14-24-46-34(48)30-16-10-12-18-32(30)42-40(46)21-27-44(28-22-40)36(50)52-38(4,5)6/h9-12,15-18,41-42H,7-8,13-14,19-28H2,1-6H3. The summed E-state index contributed by atoms with van der Waals surface area (Å²) in [6.45, 7) is 14.4. The Kier molecular flexibility index (Phi) is 10.4. The van der Waals surface area contributed by atoms with Crippen LogP contribution in [0.2, 0.25) is 0 Å². The van der Waals surface area contributed by atoms with Gasteiger partial charge in [0.1, 0.15) is 22.5 Å². The molecule has 2 spiro atoms. The monoisotopic (exact) mass is 716 g/mol. The third-order valence-corrected chi connectivity index (χ3v) is 10.6. The third-order valence-electron chi connectivity index (χ3n) is 10.6. The van der Waals surface area contributed by atoms with Gasteiger partial charge in [0.15, 0.2) is 0 Å². The molecule has 2 N–H and O–H groups in total. The highest BCUT2D eigenvalue weighted by Crippen LogP contribution is 2.40. The maximum atomic E-state index is 14.0. The molecular formula is C40H56N6O6. The Morgan fingerprint density at radius 3 is 1.29 bits per heavy atom. The van der Waals surface area contributed by atoms with Crippen molar-refractivity contribution in [3.8, 4) is 0 Å². The summed E-state index contributed by atoms with van der Waals surface area (Å²) >= 11 is 0. The number of likely N-dealkylation sites (tertiary alicyclic amines) is 2. The van der Waals surface area contributed by atoms with Crippen LogP contribution in [0.3, 0.4) is 0 Å². The van der Waals surface area contributed by atoms with Gasteiger partial charge in [0.05, 0.1) is 11.1 Å². The molecule has 4 aliphatic heterocycles. The zero-order valence-corrected chi connectivity index (χ0v) is 31.8. The van der Waals surface area contributed by atoms with Crippen LogP contribution in [-0.4, -0.2) is 105 Å². The summed E-state index contributed by atoms with van der Waals surface area (Å²) in [6, 6.07) is 15.3. The zero-order chi connectivity index (χ0) is 37.3. The minimum atomic E-state index is -0.580. The quantitative estimate of drug-likeness (QED) is 0.290. The van der Waals surface area contributed by atoms with Crippen LogP contribution in [-0.2, 0) is 9.47 Å². The van der Waals surface area contributed by atoms with Crippen LogP contribution >= 0.6 is 0 Å². The molecule has 0 saturated carbocycles. The first-order valence-corrected chi connectivity index (χ1v) is 18.9. The first kappa shape index (κ1) is 37.3. The lowest BCUT2D eigenvalue weighted by molar-refractivity contribution is -0.00101. The molecule has 0 aliphatic carbocycles. The summed E-state index contributed by atoms with van der Waals surface area (Å²) in [4.78, 5) is 61.1. The van der Waals surface area contributed by atoms with Gasteiger partial charge in [-0.2, -0.15) is 0 Å². The van der Waals surface area contributed by atoms with Crippen LogP contribution in [0.1, 0.15) is 114 Å². The molecule has 4 heterocycles. The molecule has 4 aliphatic rings. The van der Waals surface area contributed by atoms with Crippen molar-refractivity contribution in [1.82, 2.24) is 19.6 Å². The van der Waals surface area contributed by atoms with Gasteiger partial charge in [-0.05, 0) is 78.6 Å². The van der Waals surface area contributed by atoms with E-state index < -0.39 is 22.5 Å². The highest BCUT2D eigenvalue weighted by molar-refractivity contribution is 6.03. The van der Waals surface area contributed by atoms with Crippen molar-refractivity contribution in [1.29, 1.82) is 0 Å². The molecule has 2 saturated heterocycles. The largest absolute Gasteiger partial charge is 0.444 e. The normalized spacial score (nSPS) is 19.5. The van der Waals surface area contributed by atoms with Crippen molar-refractivity contribution in [3.63, 3.8) is 0 Å². The van der Waals surface area contributed by atoms with Gasteiger partial charge in [0, 0.05) is 76.3 Å². The van der Waals surface area contributed by atoms with Crippen molar-refractivity contribution in [3.05, 3.63) is 59.7 Å². The molecule has 0 radical (unpaired) electrons. The highest BCUT2D eigenvalue weighted by atomic mass is 16.6. The molecule has 12 nitrogen and oxygen atoms in total. The number of nitrogens with zero attached hydrogens (tertiary/aromatic N) is 4. The smallest absolute Gasteiger partial charge is 0.410 e. The number of ether oxygens (including phenoxy) is 2. The van der Waals surface area contributed by atoms with Crippen LogP contribution in [0.4, 0.5) is 21.0 Å². The summed E-state index contributed by atoms with van der Waals surface area (Å²) < 4.78 is 11.3. The highest BCUT2D eigenvalue weighted by Gasteiger charge is 2.48.